The van der Waals surface area contributed by atoms with E-state index in [-0.39, 0.29) is 6.54 Å². The third-order valence-electron chi connectivity index (χ3n) is 4.57. The van der Waals surface area contributed by atoms with E-state index in [1.165, 1.54) is 0 Å². The van der Waals surface area contributed by atoms with Crippen LogP contribution in [0.15, 0.2) is 36.4 Å². The first-order chi connectivity index (χ1) is 13.0. The Morgan fingerprint density at radius 1 is 1.07 bits per heavy atom. The molecule has 0 spiro atoms. The van der Waals surface area contributed by atoms with E-state index in [9.17, 15) is 9.59 Å². The first-order valence-corrected chi connectivity index (χ1v) is 8.95. The van der Waals surface area contributed by atoms with E-state index in [0.717, 1.165) is 16.7 Å². The average molecular weight is 389 g/mol. The summed E-state index contributed by atoms with van der Waals surface area (Å²) in [5, 5.41) is 3.29. The maximum absolute atomic E-state index is 12.5. The van der Waals surface area contributed by atoms with Gasteiger partial charge in [0.2, 0.25) is 0 Å². The average Bonchev–Trinajstić information content (AvgIpc) is 2.71. The van der Waals surface area contributed by atoms with Crippen molar-refractivity contribution in [1.29, 1.82) is 0 Å². The molecule has 0 aromatic heterocycles. The van der Waals surface area contributed by atoms with Gasteiger partial charge in [-0.3, -0.25) is 9.59 Å². The SMILES string of the molecule is COc1cc2c(cc1OC)CN(C(=O)C(=O)NCc1ccc(Cl)cc1)CC2. The lowest BCUT2D eigenvalue weighted by molar-refractivity contribution is -0.146. The minimum Gasteiger partial charge on any atom is -0.493 e. The molecule has 6 nitrogen and oxygen atoms in total. The minimum atomic E-state index is -0.617. The van der Waals surface area contributed by atoms with Crippen molar-refractivity contribution in [2.24, 2.45) is 0 Å². The van der Waals surface area contributed by atoms with Gasteiger partial charge in [-0.25, -0.2) is 0 Å². The van der Waals surface area contributed by atoms with E-state index in [1.54, 1.807) is 31.3 Å². The molecule has 2 aromatic carbocycles. The topological polar surface area (TPSA) is 67.9 Å². The second-order valence-corrected chi connectivity index (χ2v) is 6.70. The standard InChI is InChI=1S/C20H21ClN2O4/c1-26-17-9-14-7-8-23(12-15(14)10-18(17)27-2)20(25)19(24)22-11-13-3-5-16(21)6-4-13/h3-6,9-10H,7-8,11-12H2,1-2H3,(H,22,24). The highest BCUT2D eigenvalue weighted by atomic mass is 35.5. The summed E-state index contributed by atoms with van der Waals surface area (Å²) in [6.45, 7) is 1.12. The predicted molar refractivity (Wildman–Crippen MR) is 102 cm³/mol. The number of nitrogens with zero attached hydrogens (tertiary/aromatic N) is 1. The number of halogens is 1. The Morgan fingerprint density at radius 3 is 2.33 bits per heavy atom. The lowest BCUT2D eigenvalue weighted by Gasteiger charge is -2.29. The fraction of sp³-hybridized carbons (Fsp3) is 0.300. The molecule has 1 heterocycles. The van der Waals surface area contributed by atoms with E-state index >= 15 is 0 Å². The third-order valence-corrected chi connectivity index (χ3v) is 4.82. The molecule has 142 valence electrons. The number of fused-ring (bicyclic) bond motifs is 1. The lowest BCUT2D eigenvalue weighted by atomic mass is 9.98. The van der Waals surface area contributed by atoms with Gasteiger partial charge >= 0.3 is 11.8 Å². The number of carbonyl (C=O) groups is 2. The van der Waals surface area contributed by atoms with E-state index in [0.29, 0.717) is 36.0 Å². The molecule has 0 aliphatic carbocycles. The summed E-state index contributed by atoms with van der Waals surface area (Å²) in [7, 11) is 3.16. The van der Waals surface area contributed by atoms with E-state index in [4.69, 9.17) is 21.1 Å². The van der Waals surface area contributed by atoms with Gasteiger partial charge in [-0.05, 0) is 47.4 Å². The molecule has 1 N–H and O–H groups in total. The van der Waals surface area contributed by atoms with Crippen LogP contribution in [0, 0.1) is 0 Å². The van der Waals surface area contributed by atoms with Crippen molar-refractivity contribution in [3.63, 3.8) is 0 Å². The molecule has 0 bridgehead atoms. The molecule has 27 heavy (non-hydrogen) atoms. The van der Waals surface area contributed by atoms with Gasteiger partial charge < -0.3 is 19.7 Å². The van der Waals surface area contributed by atoms with E-state index in [2.05, 4.69) is 5.32 Å². The van der Waals surface area contributed by atoms with E-state index in [1.807, 2.05) is 24.3 Å². The van der Waals surface area contributed by atoms with Gasteiger partial charge in [0.25, 0.3) is 0 Å². The number of hydrogen-bond donors (Lipinski definition) is 1. The van der Waals surface area contributed by atoms with Crippen LogP contribution in [0.2, 0.25) is 5.02 Å². The minimum absolute atomic E-state index is 0.275. The summed E-state index contributed by atoms with van der Waals surface area (Å²) in [6.07, 6.45) is 0.659. The van der Waals surface area contributed by atoms with Crippen LogP contribution in [0.3, 0.4) is 0 Å². The molecule has 0 saturated heterocycles. The Morgan fingerprint density at radius 2 is 1.70 bits per heavy atom. The second kappa shape index (κ2) is 8.31. The molecule has 0 fully saturated rings. The second-order valence-electron chi connectivity index (χ2n) is 6.26. The van der Waals surface area contributed by atoms with Crippen molar-refractivity contribution >= 4 is 23.4 Å². The third kappa shape index (κ3) is 4.34. The van der Waals surface area contributed by atoms with Gasteiger partial charge in [0.15, 0.2) is 11.5 Å². The summed E-state index contributed by atoms with van der Waals surface area (Å²) in [4.78, 5) is 26.3. The highest BCUT2D eigenvalue weighted by Gasteiger charge is 2.26. The molecule has 7 heteroatoms. The molecule has 2 aromatic rings. The quantitative estimate of drug-likeness (QED) is 0.817. The number of rotatable bonds is 4. The Bertz CT molecular complexity index is 852. The number of amides is 2. The largest absolute Gasteiger partial charge is 0.493 e. The highest BCUT2D eigenvalue weighted by molar-refractivity contribution is 6.35. The van der Waals surface area contributed by atoms with Gasteiger partial charge in [-0.2, -0.15) is 0 Å². The zero-order chi connectivity index (χ0) is 19.4. The number of hydrogen-bond acceptors (Lipinski definition) is 4. The number of methoxy groups -OCH3 is 2. The number of carbonyl (C=O) groups excluding carboxylic acids is 2. The molecular weight excluding hydrogens is 368 g/mol. The van der Waals surface area contributed by atoms with Gasteiger partial charge in [0.05, 0.1) is 14.2 Å². The highest BCUT2D eigenvalue weighted by Crippen LogP contribution is 2.33. The molecule has 2 amide bonds. The maximum Gasteiger partial charge on any atom is 0.312 e. The Hall–Kier alpha value is -2.73. The molecule has 1 aliphatic heterocycles. The van der Waals surface area contributed by atoms with Crippen molar-refractivity contribution in [3.8, 4) is 11.5 Å². The molecule has 0 atom stereocenters. The van der Waals surface area contributed by atoms with Crippen LogP contribution in [0.25, 0.3) is 0 Å². The fourth-order valence-corrected chi connectivity index (χ4v) is 3.19. The Balaban J connectivity index is 1.64. The summed E-state index contributed by atoms with van der Waals surface area (Å²) in [5.41, 5.74) is 2.93. The van der Waals surface area contributed by atoms with Crippen LogP contribution in [0.5, 0.6) is 11.5 Å². The monoisotopic (exact) mass is 388 g/mol. The molecule has 0 radical (unpaired) electrons. The number of ether oxygens (including phenoxy) is 2. The first kappa shape index (κ1) is 19.0. The van der Waals surface area contributed by atoms with Gasteiger partial charge in [-0.15, -0.1) is 0 Å². The summed E-state index contributed by atoms with van der Waals surface area (Å²) in [6, 6.07) is 10.9. The Labute approximate surface area is 163 Å². The predicted octanol–water partition coefficient (Wildman–Crippen LogP) is 2.56. The Kier molecular flexibility index (Phi) is 5.86. The van der Waals surface area contributed by atoms with Crippen molar-refractivity contribution in [3.05, 3.63) is 58.1 Å². The first-order valence-electron chi connectivity index (χ1n) is 8.57. The van der Waals surface area contributed by atoms with Crippen LogP contribution in [-0.4, -0.2) is 37.5 Å². The molecule has 3 rings (SSSR count). The molecule has 0 unspecified atom stereocenters. The van der Waals surface area contributed by atoms with Crippen LogP contribution in [0.1, 0.15) is 16.7 Å². The normalized spacial score (nSPS) is 12.9. The van der Waals surface area contributed by atoms with E-state index < -0.39 is 11.8 Å². The van der Waals surface area contributed by atoms with Crippen molar-refractivity contribution in [1.82, 2.24) is 10.2 Å². The van der Waals surface area contributed by atoms with Crippen LogP contribution in [0.4, 0.5) is 0 Å². The summed E-state index contributed by atoms with van der Waals surface area (Å²) >= 11 is 5.84. The summed E-state index contributed by atoms with van der Waals surface area (Å²) < 4.78 is 10.6. The van der Waals surface area contributed by atoms with Crippen LogP contribution < -0.4 is 14.8 Å². The van der Waals surface area contributed by atoms with Gasteiger partial charge in [0.1, 0.15) is 0 Å². The molecule has 0 saturated carbocycles. The van der Waals surface area contributed by atoms with Crippen molar-refractivity contribution in [2.45, 2.75) is 19.5 Å². The fourth-order valence-electron chi connectivity index (χ4n) is 3.06. The lowest BCUT2D eigenvalue weighted by Crippen LogP contribution is -2.44. The maximum atomic E-state index is 12.5. The number of benzene rings is 2. The van der Waals surface area contributed by atoms with Crippen LogP contribution in [-0.2, 0) is 29.1 Å². The van der Waals surface area contributed by atoms with Gasteiger partial charge in [0, 0.05) is 24.7 Å². The van der Waals surface area contributed by atoms with Crippen molar-refractivity contribution in [2.75, 3.05) is 20.8 Å². The van der Waals surface area contributed by atoms with Crippen molar-refractivity contribution < 1.29 is 19.1 Å². The zero-order valence-corrected chi connectivity index (χ0v) is 16.0. The van der Waals surface area contributed by atoms with Gasteiger partial charge in [-0.1, -0.05) is 23.7 Å². The van der Waals surface area contributed by atoms with Crippen LogP contribution >= 0.6 is 11.6 Å². The summed E-state index contributed by atoms with van der Waals surface area (Å²) in [5.74, 6) is 0.118. The smallest absolute Gasteiger partial charge is 0.312 e. The number of nitrogens with one attached hydrogen (secondary N) is 1. The molecular formula is C20H21ClN2O4. The molecule has 1 aliphatic rings. The zero-order valence-electron chi connectivity index (χ0n) is 15.3.